The molecule has 0 saturated carbocycles. The summed E-state index contributed by atoms with van der Waals surface area (Å²) in [5.41, 5.74) is 0. The Balaban J connectivity index is 0.000000921. The third kappa shape index (κ3) is 5.50. The molecule has 0 radical (unpaired) electrons. The first-order valence-electron chi connectivity index (χ1n) is 6.21. The molecule has 3 nitrogen and oxygen atoms in total. The van der Waals surface area contributed by atoms with Gasteiger partial charge in [-0.05, 0) is 20.3 Å². The maximum atomic E-state index is 5.12. The zero-order valence-electron chi connectivity index (χ0n) is 11.0. The quantitative estimate of drug-likeness (QED) is 0.774. The number of piperazine rings is 1. The number of rotatable bonds is 4. The molecule has 1 rings (SSSR count). The molecule has 1 unspecified atom stereocenters. The van der Waals surface area contributed by atoms with E-state index in [0.717, 1.165) is 26.1 Å². The van der Waals surface area contributed by atoms with Gasteiger partial charge < -0.3 is 10.1 Å². The monoisotopic (exact) mass is 216 g/mol. The zero-order valence-corrected chi connectivity index (χ0v) is 11.0. The summed E-state index contributed by atoms with van der Waals surface area (Å²) in [5.74, 6) is 0. The van der Waals surface area contributed by atoms with E-state index in [1.165, 1.54) is 6.54 Å². The van der Waals surface area contributed by atoms with Crippen molar-refractivity contribution in [2.75, 3.05) is 33.4 Å². The van der Waals surface area contributed by atoms with Gasteiger partial charge in [0.1, 0.15) is 0 Å². The molecule has 0 aromatic rings. The van der Waals surface area contributed by atoms with Crippen molar-refractivity contribution < 1.29 is 4.74 Å². The minimum Gasteiger partial charge on any atom is -0.385 e. The summed E-state index contributed by atoms with van der Waals surface area (Å²) in [6.45, 7) is 12.8. The van der Waals surface area contributed by atoms with Crippen LogP contribution in [0.2, 0.25) is 0 Å². The Morgan fingerprint density at radius 3 is 2.60 bits per heavy atom. The van der Waals surface area contributed by atoms with Crippen molar-refractivity contribution in [3.63, 3.8) is 0 Å². The van der Waals surface area contributed by atoms with Crippen LogP contribution in [0, 0.1) is 0 Å². The molecule has 0 amide bonds. The number of hydrogen-bond donors (Lipinski definition) is 1. The van der Waals surface area contributed by atoms with Crippen molar-refractivity contribution >= 4 is 0 Å². The Kier molecular flexibility index (Phi) is 9.06. The SMILES string of the molecule is CC.COCCC1CNCCN1C(C)C. The van der Waals surface area contributed by atoms with E-state index in [-0.39, 0.29) is 0 Å². The van der Waals surface area contributed by atoms with Gasteiger partial charge in [-0.15, -0.1) is 0 Å². The minimum absolute atomic E-state index is 0.656. The average molecular weight is 216 g/mol. The van der Waals surface area contributed by atoms with Gasteiger partial charge in [-0.2, -0.15) is 0 Å². The van der Waals surface area contributed by atoms with Gasteiger partial charge >= 0.3 is 0 Å². The average Bonchev–Trinajstić information content (AvgIpc) is 2.29. The van der Waals surface area contributed by atoms with Crippen molar-refractivity contribution in [3.05, 3.63) is 0 Å². The molecule has 1 fully saturated rings. The van der Waals surface area contributed by atoms with Crippen LogP contribution in [0.4, 0.5) is 0 Å². The summed E-state index contributed by atoms with van der Waals surface area (Å²) in [6, 6.07) is 1.32. The van der Waals surface area contributed by atoms with E-state index in [1.54, 1.807) is 7.11 Å². The second-order valence-corrected chi connectivity index (χ2v) is 3.97. The van der Waals surface area contributed by atoms with Crippen LogP contribution in [0.3, 0.4) is 0 Å². The zero-order chi connectivity index (χ0) is 11.7. The summed E-state index contributed by atoms with van der Waals surface area (Å²) in [7, 11) is 1.77. The second-order valence-electron chi connectivity index (χ2n) is 3.97. The molecular formula is C12H28N2O. The Morgan fingerprint density at radius 1 is 1.40 bits per heavy atom. The Labute approximate surface area is 95.2 Å². The van der Waals surface area contributed by atoms with E-state index in [1.807, 2.05) is 13.8 Å². The Morgan fingerprint density at radius 2 is 2.07 bits per heavy atom. The van der Waals surface area contributed by atoms with Crippen LogP contribution in [-0.2, 0) is 4.74 Å². The van der Waals surface area contributed by atoms with Crippen LogP contribution in [0.15, 0.2) is 0 Å². The third-order valence-corrected chi connectivity index (χ3v) is 2.71. The molecule has 1 aliphatic heterocycles. The summed E-state index contributed by atoms with van der Waals surface area (Å²) in [5, 5.41) is 3.43. The predicted molar refractivity (Wildman–Crippen MR) is 66.3 cm³/mol. The molecule has 0 aliphatic carbocycles. The molecule has 1 atom stereocenters. The van der Waals surface area contributed by atoms with E-state index < -0.39 is 0 Å². The Hall–Kier alpha value is -0.120. The first-order chi connectivity index (χ1) is 7.25. The number of methoxy groups -OCH3 is 1. The van der Waals surface area contributed by atoms with Gasteiger partial charge in [0.25, 0.3) is 0 Å². The van der Waals surface area contributed by atoms with Gasteiger partial charge in [-0.1, -0.05) is 13.8 Å². The molecule has 15 heavy (non-hydrogen) atoms. The first kappa shape index (κ1) is 14.9. The number of hydrogen-bond acceptors (Lipinski definition) is 3. The smallest absolute Gasteiger partial charge is 0.0477 e. The molecule has 0 aromatic heterocycles. The van der Waals surface area contributed by atoms with Gasteiger partial charge in [0, 0.05) is 45.4 Å². The largest absolute Gasteiger partial charge is 0.385 e. The van der Waals surface area contributed by atoms with E-state index in [0.29, 0.717) is 12.1 Å². The van der Waals surface area contributed by atoms with Crippen molar-refractivity contribution in [2.24, 2.45) is 0 Å². The van der Waals surface area contributed by atoms with Crippen LogP contribution in [-0.4, -0.2) is 50.3 Å². The van der Waals surface area contributed by atoms with Crippen LogP contribution < -0.4 is 5.32 Å². The molecule has 3 heteroatoms. The number of ether oxygens (including phenoxy) is 1. The van der Waals surface area contributed by atoms with E-state index in [9.17, 15) is 0 Å². The van der Waals surface area contributed by atoms with Gasteiger partial charge in [0.15, 0.2) is 0 Å². The molecule has 92 valence electrons. The van der Waals surface area contributed by atoms with Crippen LogP contribution >= 0.6 is 0 Å². The molecule has 0 aromatic carbocycles. The van der Waals surface area contributed by atoms with Crippen molar-refractivity contribution in [1.82, 2.24) is 10.2 Å². The maximum Gasteiger partial charge on any atom is 0.0477 e. The van der Waals surface area contributed by atoms with Crippen LogP contribution in [0.25, 0.3) is 0 Å². The maximum absolute atomic E-state index is 5.12. The molecule has 1 heterocycles. The topological polar surface area (TPSA) is 24.5 Å². The predicted octanol–water partition coefficient (Wildman–Crippen LogP) is 1.73. The highest BCUT2D eigenvalue weighted by atomic mass is 16.5. The highest BCUT2D eigenvalue weighted by Gasteiger charge is 2.23. The van der Waals surface area contributed by atoms with E-state index in [4.69, 9.17) is 4.74 Å². The summed E-state index contributed by atoms with van der Waals surface area (Å²) >= 11 is 0. The molecule has 1 N–H and O–H groups in total. The van der Waals surface area contributed by atoms with E-state index in [2.05, 4.69) is 24.1 Å². The fourth-order valence-electron chi connectivity index (χ4n) is 1.98. The molecule has 1 saturated heterocycles. The standard InChI is InChI=1S/C10H22N2O.C2H6/c1-9(2)12-6-5-11-8-10(12)4-7-13-3;1-2/h9-11H,4-8H2,1-3H3;1-2H3. The van der Waals surface area contributed by atoms with Gasteiger partial charge in [-0.25, -0.2) is 0 Å². The Bertz CT molecular complexity index is 140. The van der Waals surface area contributed by atoms with Crippen molar-refractivity contribution in [3.8, 4) is 0 Å². The lowest BCUT2D eigenvalue weighted by Gasteiger charge is -2.39. The molecular weight excluding hydrogens is 188 g/mol. The normalized spacial score (nSPS) is 22.4. The first-order valence-corrected chi connectivity index (χ1v) is 6.21. The number of nitrogens with zero attached hydrogens (tertiary/aromatic N) is 1. The highest BCUT2D eigenvalue weighted by Crippen LogP contribution is 2.11. The summed E-state index contributed by atoms with van der Waals surface area (Å²) < 4.78 is 5.12. The fourth-order valence-corrected chi connectivity index (χ4v) is 1.98. The van der Waals surface area contributed by atoms with E-state index >= 15 is 0 Å². The van der Waals surface area contributed by atoms with Gasteiger partial charge in [0.2, 0.25) is 0 Å². The number of nitrogens with one attached hydrogen (secondary N) is 1. The van der Waals surface area contributed by atoms with Gasteiger partial charge in [-0.3, -0.25) is 4.90 Å². The minimum atomic E-state index is 0.656. The van der Waals surface area contributed by atoms with Gasteiger partial charge in [0.05, 0.1) is 0 Å². The fraction of sp³-hybridized carbons (Fsp3) is 1.00. The van der Waals surface area contributed by atoms with Crippen LogP contribution in [0.5, 0.6) is 0 Å². The molecule has 0 bridgehead atoms. The second kappa shape index (κ2) is 9.13. The highest BCUT2D eigenvalue weighted by molar-refractivity contribution is 4.81. The van der Waals surface area contributed by atoms with Crippen LogP contribution in [0.1, 0.15) is 34.1 Å². The third-order valence-electron chi connectivity index (χ3n) is 2.71. The van der Waals surface area contributed by atoms with Crippen molar-refractivity contribution in [2.45, 2.75) is 46.2 Å². The lowest BCUT2D eigenvalue weighted by atomic mass is 10.1. The lowest BCUT2D eigenvalue weighted by Crippen LogP contribution is -2.54. The molecule has 1 aliphatic rings. The summed E-state index contributed by atoms with van der Waals surface area (Å²) in [4.78, 5) is 2.56. The lowest BCUT2D eigenvalue weighted by molar-refractivity contribution is 0.0886. The summed E-state index contributed by atoms with van der Waals surface area (Å²) in [6.07, 6.45) is 1.14. The van der Waals surface area contributed by atoms with Crippen molar-refractivity contribution in [1.29, 1.82) is 0 Å². The molecule has 0 spiro atoms.